The average molecular weight is 268 g/mol. The predicted octanol–water partition coefficient (Wildman–Crippen LogP) is 3.29. The molecule has 1 aromatic heterocycles. The highest BCUT2D eigenvalue weighted by Crippen LogP contribution is 2.22. The SMILES string of the molecule is Cc1nc(NC(=O)c2ccc(F)cc2F)sc1C. The van der Waals surface area contributed by atoms with Gasteiger partial charge in [0.25, 0.3) is 5.91 Å². The van der Waals surface area contributed by atoms with Crippen LogP contribution in [0, 0.1) is 25.5 Å². The molecule has 0 aliphatic rings. The molecular weight excluding hydrogens is 258 g/mol. The van der Waals surface area contributed by atoms with Crippen LogP contribution in [-0.4, -0.2) is 10.9 Å². The topological polar surface area (TPSA) is 42.0 Å². The van der Waals surface area contributed by atoms with E-state index in [0.717, 1.165) is 22.7 Å². The summed E-state index contributed by atoms with van der Waals surface area (Å²) in [4.78, 5) is 16.8. The Morgan fingerprint density at radius 1 is 1.33 bits per heavy atom. The summed E-state index contributed by atoms with van der Waals surface area (Å²) in [6.07, 6.45) is 0. The number of benzene rings is 1. The van der Waals surface area contributed by atoms with Crippen molar-refractivity contribution in [3.63, 3.8) is 0 Å². The minimum absolute atomic E-state index is 0.207. The van der Waals surface area contributed by atoms with Crippen LogP contribution in [0.4, 0.5) is 13.9 Å². The van der Waals surface area contributed by atoms with Crippen molar-refractivity contribution in [1.29, 1.82) is 0 Å². The van der Waals surface area contributed by atoms with Crippen LogP contribution in [0.1, 0.15) is 20.9 Å². The van der Waals surface area contributed by atoms with Crippen molar-refractivity contribution in [3.8, 4) is 0 Å². The average Bonchev–Trinajstić information content (AvgIpc) is 2.57. The Bertz CT molecular complexity index is 591. The van der Waals surface area contributed by atoms with Gasteiger partial charge < -0.3 is 0 Å². The lowest BCUT2D eigenvalue weighted by atomic mass is 10.2. The molecule has 6 heteroatoms. The van der Waals surface area contributed by atoms with Gasteiger partial charge in [0.15, 0.2) is 5.13 Å². The van der Waals surface area contributed by atoms with Crippen LogP contribution in [0.5, 0.6) is 0 Å². The number of thiazole rings is 1. The Balaban J connectivity index is 2.22. The van der Waals surface area contributed by atoms with E-state index in [1.54, 1.807) is 0 Å². The number of anilines is 1. The van der Waals surface area contributed by atoms with E-state index >= 15 is 0 Å². The van der Waals surface area contributed by atoms with Gasteiger partial charge in [-0.25, -0.2) is 13.8 Å². The molecule has 94 valence electrons. The van der Waals surface area contributed by atoms with Gasteiger partial charge >= 0.3 is 0 Å². The van der Waals surface area contributed by atoms with Crippen molar-refractivity contribution in [2.75, 3.05) is 5.32 Å². The number of amides is 1. The molecular formula is C12H10F2N2OS. The maximum absolute atomic E-state index is 13.4. The highest BCUT2D eigenvalue weighted by molar-refractivity contribution is 7.15. The van der Waals surface area contributed by atoms with Gasteiger partial charge in [-0.05, 0) is 26.0 Å². The molecule has 2 aromatic rings. The molecule has 0 aliphatic carbocycles. The van der Waals surface area contributed by atoms with E-state index in [2.05, 4.69) is 10.3 Å². The molecule has 0 fully saturated rings. The van der Waals surface area contributed by atoms with Crippen LogP contribution in [0.25, 0.3) is 0 Å². The number of hydrogen-bond donors (Lipinski definition) is 1. The number of nitrogens with one attached hydrogen (secondary N) is 1. The van der Waals surface area contributed by atoms with Crippen LogP contribution in [0.2, 0.25) is 0 Å². The van der Waals surface area contributed by atoms with Crippen LogP contribution < -0.4 is 5.32 Å². The largest absolute Gasteiger partial charge is 0.298 e. The fourth-order valence-electron chi connectivity index (χ4n) is 1.36. The summed E-state index contributed by atoms with van der Waals surface area (Å²) >= 11 is 1.31. The monoisotopic (exact) mass is 268 g/mol. The lowest BCUT2D eigenvalue weighted by molar-refractivity contribution is 0.102. The van der Waals surface area contributed by atoms with Crippen molar-refractivity contribution in [2.45, 2.75) is 13.8 Å². The lowest BCUT2D eigenvalue weighted by Gasteiger charge is -2.02. The highest BCUT2D eigenvalue weighted by Gasteiger charge is 2.14. The van der Waals surface area contributed by atoms with Gasteiger partial charge in [-0.15, -0.1) is 11.3 Å². The molecule has 1 heterocycles. The van der Waals surface area contributed by atoms with Crippen molar-refractivity contribution in [3.05, 3.63) is 46.0 Å². The van der Waals surface area contributed by atoms with Gasteiger partial charge in [-0.2, -0.15) is 0 Å². The van der Waals surface area contributed by atoms with Crippen molar-refractivity contribution in [2.24, 2.45) is 0 Å². The molecule has 1 amide bonds. The smallest absolute Gasteiger partial charge is 0.260 e. The van der Waals surface area contributed by atoms with Gasteiger partial charge in [0.05, 0.1) is 11.3 Å². The van der Waals surface area contributed by atoms with E-state index < -0.39 is 17.5 Å². The zero-order valence-electron chi connectivity index (χ0n) is 9.75. The molecule has 2 rings (SSSR count). The highest BCUT2D eigenvalue weighted by atomic mass is 32.1. The predicted molar refractivity (Wildman–Crippen MR) is 65.9 cm³/mol. The van der Waals surface area contributed by atoms with Gasteiger partial charge in [0, 0.05) is 10.9 Å². The first-order valence-electron chi connectivity index (χ1n) is 5.18. The van der Waals surface area contributed by atoms with E-state index in [1.165, 1.54) is 11.3 Å². The number of carbonyl (C=O) groups is 1. The molecule has 18 heavy (non-hydrogen) atoms. The Hall–Kier alpha value is -1.82. The maximum Gasteiger partial charge on any atom is 0.260 e. The van der Waals surface area contributed by atoms with E-state index in [4.69, 9.17) is 0 Å². The van der Waals surface area contributed by atoms with Crippen LogP contribution in [0.3, 0.4) is 0 Å². The summed E-state index contributed by atoms with van der Waals surface area (Å²) < 4.78 is 26.1. The molecule has 0 saturated heterocycles. The number of hydrogen-bond acceptors (Lipinski definition) is 3. The summed E-state index contributed by atoms with van der Waals surface area (Å²) in [6.45, 7) is 3.70. The second-order valence-electron chi connectivity index (χ2n) is 3.74. The van der Waals surface area contributed by atoms with Gasteiger partial charge in [0.2, 0.25) is 0 Å². The van der Waals surface area contributed by atoms with Crippen LogP contribution in [0.15, 0.2) is 18.2 Å². The normalized spacial score (nSPS) is 10.4. The fraction of sp³-hybridized carbons (Fsp3) is 0.167. The van der Waals surface area contributed by atoms with Crippen molar-refractivity contribution >= 4 is 22.4 Å². The summed E-state index contributed by atoms with van der Waals surface area (Å²) in [5.74, 6) is -2.25. The number of rotatable bonds is 2. The van der Waals surface area contributed by atoms with E-state index in [0.29, 0.717) is 11.2 Å². The molecule has 0 unspecified atom stereocenters. The maximum atomic E-state index is 13.4. The number of aromatic nitrogens is 1. The first-order chi connectivity index (χ1) is 8.47. The third-order valence-electron chi connectivity index (χ3n) is 2.42. The standard InChI is InChI=1S/C12H10F2N2OS/c1-6-7(2)18-12(15-6)16-11(17)9-4-3-8(13)5-10(9)14/h3-5H,1-2H3,(H,15,16,17). The van der Waals surface area contributed by atoms with Crippen LogP contribution >= 0.6 is 11.3 Å². The first-order valence-corrected chi connectivity index (χ1v) is 5.99. The zero-order valence-corrected chi connectivity index (χ0v) is 10.6. The van der Waals surface area contributed by atoms with Crippen molar-refractivity contribution < 1.29 is 13.6 Å². The Morgan fingerprint density at radius 2 is 2.06 bits per heavy atom. The molecule has 0 spiro atoms. The molecule has 0 aliphatic heterocycles. The summed E-state index contributed by atoms with van der Waals surface area (Å²) in [6, 6.07) is 2.82. The van der Waals surface area contributed by atoms with Crippen molar-refractivity contribution in [1.82, 2.24) is 4.98 Å². The third kappa shape index (κ3) is 2.53. The van der Waals surface area contributed by atoms with Gasteiger partial charge in [-0.3, -0.25) is 10.1 Å². The number of nitrogens with zero attached hydrogens (tertiary/aromatic N) is 1. The second kappa shape index (κ2) is 4.81. The summed E-state index contributed by atoms with van der Waals surface area (Å²) in [7, 11) is 0. The van der Waals surface area contributed by atoms with Gasteiger partial charge in [-0.1, -0.05) is 0 Å². The van der Waals surface area contributed by atoms with E-state index in [1.807, 2.05) is 13.8 Å². The number of carbonyl (C=O) groups excluding carboxylic acids is 1. The van der Waals surface area contributed by atoms with Gasteiger partial charge in [0.1, 0.15) is 11.6 Å². The Labute approximate surface area is 106 Å². The molecule has 1 aromatic carbocycles. The number of halogens is 2. The summed E-state index contributed by atoms with van der Waals surface area (Å²) in [5.41, 5.74) is 0.608. The third-order valence-corrected chi connectivity index (χ3v) is 3.41. The molecule has 3 nitrogen and oxygen atoms in total. The minimum Gasteiger partial charge on any atom is -0.298 e. The van der Waals surface area contributed by atoms with Crippen LogP contribution in [-0.2, 0) is 0 Å². The molecule has 0 saturated carbocycles. The quantitative estimate of drug-likeness (QED) is 0.908. The first kappa shape index (κ1) is 12.6. The minimum atomic E-state index is -0.891. The molecule has 1 N–H and O–H groups in total. The number of aryl methyl sites for hydroxylation is 2. The molecule has 0 radical (unpaired) electrons. The van der Waals surface area contributed by atoms with E-state index in [9.17, 15) is 13.6 Å². The lowest BCUT2D eigenvalue weighted by Crippen LogP contribution is -2.13. The van der Waals surface area contributed by atoms with E-state index in [-0.39, 0.29) is 5.56 Å². The molecule has 0 bridgehead atoms. The Kier molecular flexibility index (Phi) is 3.38. The fourth-order valence-corrected chi connectivity index (χ4v) is 2.17. The zero-order chi connectivity index (χ0) is 13.3. The molecule has 0 atom stereocenters. The Morgan fingerprint density at radius 3 is 2.61 bits per heavy atom. The second-order valence-corrected chi connectivity index (χ2v) is 4.94. The summed E-state index contributed by atoms with van der Waals surface area (Å²) in [5, 5.41) is 2.89.